The van der Waals surface area contributed by atoms with Crippen LogP contribution >= 0.6 is 0 Å². The van der Waals surface area contributed by atoms with Crippen LogP contribution in [0.25, 0.3) is 0 Å². The lowest BCUT2D eigenvalue weighted by Crippen LogP contribution is -2.22. The molecule has 0 aromatic rings. The van der Waals surface area contributed by atoms with Crippen molar-refractivity contribution in [3.05, 3.63) is 0 Å². The molecular formula is C10H20O6S. The molecule has 0 fully saturated rings. The van der Waals surface area contributed by atoms with E-state index in [0.717, 1.165) is 0 Å². The molecule has 2 unspecified atom stereocenters. The van der Waals surface area contributed by atoms with Gasteiger partial charge in [0.25, 0.3) is 10.1 Å². The molecule has 6 nitrogen and oxygen atoms in total. The van der Waals surface area contributed by atoms with Crippen LogP contribution in [-0.4, -0.2) is 42.5 Å². The van der Waals surface area contributed by atoms with Crippen LogP contribution in [0.15, 0.2) is 0 Å². The van der Waals surface area contributed by atoms with Gasteiger partial charge in [0.15, 0.2) is 0 Å². The van der Waals surface area contributed by atoms with Gasteiger partial charge in [-0.3, -0.25) is 9.35 Å². The molecule has 0 aliphatic heterocycles. The highest BCUT2D eigenvalue weighted by Crippen LogP contribution is 2.13. The normalized spacial score (nSPS) is 15.3. The van der Waals surface area contributed by atoms with Gasteiger partial charge < -0.3 is 9.84 Å². The number of ether oxygens (including phenoxy) is 1. The first kappa shape index (κ1) is 16.3. The van der Waals surface area contributed by atoms with Crippen LogP contribution in [0.1, 0.15) is 33.1 Å². The van der Waals surface area contributed by atoms with E-state index >= 15 is 0 Å². The summed E-state index contributed by atoms with van der Waals surface area (Å²) in [6.07, 6.45) is 0.371. The fourth-order valence-electron chi connectivity index (χ4n) is 1.37. The average molecular weight is 268 g/mol. The van der Waals surface area contributed by atoms with Crippen molar-refractivity contribution >= 4 is 16.1 Å². The monoisotopic (exact) mass is 268 g/mol. The first-order valence-electron chi connectivity index (χ1n) is 5.56. The van der Waals surface area contributed by atoms with Gasteiger partial charge in [-0.1, -0.05) is 6.92 Å². The van der Waals surface area contributed by atoms with Crippen molar-refractivity contribution < 1.29 is 27.6 Å². The zero-order valence-corrected chi connectivity index (χ0v) is 10.9. The van der Waals surface area contributed by atoms with Gasteiger partial charge in [-0.2, -0.15) is 8.42 Å². The second kappa shape index (κ2) is 7.62. The second-order valence-corrected chi connectivity index (χ2v) is 5.57. The van der Waals surface area contributed by atoms with Gasteiger partial charge in [-0.25, -0.2) is 0 Å². The van der Waals surface area contributed by atoms with Crippen molar-refractivity contribution in [2.75, 3.05) is 12.4 Å². The van der Waals surface area contributed by atoms with Gasteiger partial charge in [0.2, 0.25) is 0 Å². The van der Waals surface area contributed by atoms with Crippen LogP contribution in [0, 0.1) is 5.92 Å². The van der Waals surface area contributed by atoms with Gasteiger partial charge in [0.05, 0.1) is 24.4 Å². The summed E-state index contributed by atoms with van der Waals surface area (Å²) >= 11 is 0. The molecule has 0 aromatic carbocycles. The molecule has 2 atom stereocenters. The molecule has 0 bridgehead atoms. The molecule has 0 radical (unpaired) electrons. The molecule has 0 saturated carbocycles. The minimum atomic E-state index is -4.00. The molecule has 7 heteroatoms. The Balaban J connectivity index is 3.91. The highest BCUT2D eigenvalue weighted by molar-refractivity contribution is 7.85. The summed E-state index contributed by atoms with van der Waals surface area (Å²) in [6.45, 7) is 3.36. The maximum absolute atomic E-state index is 11.5. The van der Waals surface area contributed by atoms with E-state index in [1.165, 1.54) is 0 Å². The largest absolute Gasteiger partial charge is 0.465 e. The molecule has 2 N–H and O–H groups in total. The molecule has 0 spiro atoms. The number of hydrogen-bond acceptors (Lipinski definition) is 5. The third-order valence-corrected chi connectivity index (χ3v) is 3.05. The van der Waals surface area contributed by atoms with E-state index in [4.69, 9.17) is 14.4 Å². The fourth-order valence-corrected chi connectivity index (χ4v) is 1.86. The van der Waals surface area contributed by atoms with Gasteiger partial charge in [0, 0.05) is 0 Å². The lowest BCUT2D eigenvalue weighted by molar-refractivity contribution is -0.149. The van der Waals surface area contributed by atoms with E-state index in [1.54, 1.807) is 6.92 Å². The first-order valence-corrected chi connectivity index (χ1v) is 7.17. The Bertz CT molecular complexity index is 322. The number of aliphatic hydroxyl groups is 1. The number of carbonyl (C=O) groups excluding carboxylic acids is 1. The lowest BCUT2D eigenvalue weighted by atomic mass is 10.00. The molecule has 0 amide bonds. The minimum absolute atomic E-state index is 0.0467. The SMILES string of the molecule is CCC(CC(C)O)C(=O)OCCCS(=O)(=O)O. The molecule has 17 heavy (non-hydrogen) atoms. The minimum Gasteiger partial charge on any atom is -0.465 e. The van der Waals surface area contributed by atoms with E-state index in [2.05, 4.69) is 0 Å². The van der Waals surface area contributed by atoms with Crippen molar-refractivity contribution in [3.63, 3.8) is 0 Å². The Morgan fingerprint density at radius 2 is 2.00 bits per heavy atom. The van der Waals surface area contributed by atoms with Crippen molar-refractivity contribution in [2.24, 2.45) is 5.92 Å². The lowest BCUT2D eigenvalue weighted by Gasteiger charge is -2.15. The van der Waals surface area contributed by atoms with Crippen LogP contribution in [-0.2, 0) is 19.6 Å². The van der Waals surface area contributed by atoms with E-state index in [0.29, 0.717) is 12.8 Å². The van der Waals surface area contributed by atoms with E-state index in [9.17, 15) is 13.2 Å². The van der Waals surface area contributed by atoms with Crippen molar-refractivity contribution in [1.29, 1.82) is 0 Å². The van der Waals surface area contributed by atoms with Gasteiger partial charge >= 0.3 is 5.97 Å². The van der Waals surface area contributed by atoms with E-state index in [-0.39, 0.29) is 18.9 Å². The first-order chi connectivity index (χ1) is 7.76. The number of esters is 1. The van der Waals surface area contributed by atoms with Crippen LogP contribution in [0.3, 0.4) is 0 Å². The average Bonchev–Trinajstić information content (AvgIpc) is 2.19. The Hall–Kier alpha value is -0.660. The predicted octanol–water partition coefficient (Wildman–Crippen LogP) is 0.605. The Morgan fingerprint density at radius 3 is 2.41 bits per heavy atom. The van der Waals surface area contributed by atoms with Crippen LogP contribution in [0.5, 0.6) is 0 Å². The van der Waals surface area contributed by atoms with Gasteiger partial charge in [0.1, 0.15) is 0 Å². The highest BCUT2D eigenvalue weighted by Gasteiger charge is 2.19. The zero-order valence-electron chi connectivity index (χ0n) is 10.1. The predicted molar refractivity (Wildman–Crippen MR) is 62.1 cm³/mol. The summed E-state index contributed by atoms with van der Waals surface area (Å²) in [5.41, 5.74) is 0. The Morgan fingerprint density at radius 1 is 1.41 bits per heavy atom. The van der Waals surface area contributed by atoms with Crippen LogP contribution < -0.4 is 0 Å². The second-order valence-electron chi connectivity index (χ2n) is 4.00. The zero-order chi connectivity index (χ0) is 13.5. The summed E-state index contributed by atoms with van der Waals surface area (Å²) in [7, 11) is -4.00. The quantitative estimate of drug-likeness (QED) is 0.380. The molecule has 0 aromatic heterocycles. The number of rotatable bonds is 8. The van der Waals surface area contributed by atoms with E-state index in [1.807, 2.05) is 6.92 Å². The number of aliphatic hydroxyl groups excluding tert-OH is 1. The third-order valence-electron chi connectivity index (χ3n) is 2.24. The van der Waals surface area contributed by atoms with Gasteiger partial charge in [-0.15, -0.1) is 0 Å². The fraction of sp³-hybridized carbons (Fsp3) is 0.900. The molecular weight excluding hydrogens is 248 g/mol. The Labute approximate surface area is 102 Å². The summed E-state index contributed by atoms with van der Waals surface area (Å²) in [6, 6.07) is 0. The molecule has 0 aliphatic carbocycles. The molecule has 0 heterocycles. The number of hydrogen-bond donors (Lipinski definition) is 2. The topological polar surface area (TPSA) is 101 Å². The van der Waals surface area contributed by atoms with Crippen LogP contribution in [0.2, 0.25) is 0 Å². The Kier molecular flexibility index (Phi) is 7.33. The number of carbonyl (C=O) groups is 1. The summed E-state index contributed by atoms with van der Waals surface area (Å²) < 4.78 is 34.1. The third kappa shape index (κ3) is 9.08. The molecule has 0 aliphatic rings. The standard InChI is InChI=1S/C10H20O6S/c1-3-9(7-8(2)11)10(12)16-5-4-6-17(13,14)15/h8-9,11H,3-7H2,1-2H3,(H,13,14,15). The maximum atomic E-state index is 11.5. The summed E-state index contributed by atoms with van der Waals surface area (Å²) in [4.78, 5) is 11.5. The molecule has 0 rings (SSSR count). The highest BCUT2D eigenvalue weighted by atomic mass is 32.2. The smallest absolute Gasteiger partial charge is 0.309 e. The van der Waals surface area contributed by atoms with E-state index < -0.39 is 27.9 Å². The van der Waals surface area contributed by atoms with Crippen molar-refractivity contribution in [2.45, 2.75) is 39.2 Å². The molecule has 0 saturated heterocycles. The maximum Gasteiger partial charge on any atom is 0.309 e. The van der Waals surface area contributed by atoms with Gasteiger partial charge in [-0.05, 0) is 26.2 Å². The summed E-state index contributed by atoms with van der Waals surface area (Å²) in [5, 5.41) is 9.16. The summed E-state index contributed by atoms with van der Waals surface area (Å²) in [5.74, 6) is -1.24. The van der Waals surface area contributed by atoms with Crippen LogP contribution in [0.4, 0.5) is 0 Å². The van der Waals surface area contributed by atoms with Crippen molar-refractivity contribution in [3.8, 4) is 0 Å². The molecule has 102 valence electrons. The van der Waals surface area contributed by atoms with Crippen molar-refractivity contribution in [1.82, 2.24) is 0 Å².